The molecule has 1 aromatic heterocycles. The van der Waals surface area contributed by atoms with Crippen molar-refractivity contribution in [2.24, 2.45) is 12.0 Å². The van der Waals surface area contributed by atoms with Gasteiger partial charge >= 0.3 is 0 Å². The minimum atomic E-state index is 0.422. The normalized spacial score (nSPS) is 20.6. The van der Waals surface area contributed by atoms with Gasteiger partial charge in [-0.05, 0) is 50.2 Å². The molecule has 0 aliphatic heterocycles. The first-order valence-corrected chi connectivity index (χ1v) is 10.7. The fourth-order valence-electron chi connectivity index (χ4n) is 4.33. The number of aromatic nitrogens is 3. The minimum absolute atomic E-state index is 0.422. The maximum atomic E-state index is 4.88. The molecule has 0 amide bonds. The van der Waals surface area contributed by atoms with E-state index in [-0.39, 0.29) is 0 Å². The molecule has 0 bridgehead atoms. The Hall–Kier alpha value is -2.37. The third-order valence-corrected chi connectivity index (χ3v) is 6.20. The van der Waals surface area contributed by atoms with E-state index in [1.807, 2.05) is 18.5 Å². The van der Waals surface area contributed by atoms with Crippen molar-refractivity contribution in [2.75, 3.05) is 0 Å². The van der Waals surface area contributed by atoms with Gasteiger partial charge in [0.25, 0.3) is 0 Å². The molecule has 2 N–H and O–H groups in total. The molecule has 2 aliphatic rings. The van der Waals surface area contributed by atoms with E-state index in [0.29, 0.717) is 18.6 Å². The average molecular weight is 381 g/mol. The Morgan fingerprint density at radius 3 is 2.54 bits per heavy atom. The Kier molecular flexibility index (Phi) is 5.93. The van der Waals surface area contributed by atoms with Crippen molar-refractivity contribution in [2.45, 2.75) is 76.9 Å². The van der Waals surface area contributed by atoms with Gasteiger partial charge in [-0.3, -0.25) is 0 Å². The van der Waals surface area contributed by atoms with E-state index in [0.717, 1.165) is 36.9 Å². The smallest absolute Gasteiger partial charge is 0.192 e. The van der Waals surface area contributed by atoms with E-state index >= 15 is 0 Å². The van der Waals surface area contributed by atoms with Gasteiger partial charge in [0.15, 0.2) is 11.8 Å². The van der Waals surface area contributed by atoms with Crippen LogP contribution in [0.1, 0.15) is 61.3 Å². The molecule has 1 saturated carbocycles. The van der Waals surface area contributed by atoms with Crippen LogP contribution in [-0.2, 0) is 26.4 Å². The molecular formula is C22H32N6. The summed E-state index contributed by atoms with van der Waals surface area (Å²) in [6.45, 7) is 2.52. The summed E-state index contributed by atoms with van der Waals surface area (Å²) in [6, 6.07) is 9.76. The summed E-state index contributed by atoms with van der Waals surface area (Å²) in [5.41, 5.74) is 2.96. The Morgan fingerprint density at radius 2 is 1.79 bits per heavy atom. The third kappa shape index (κ3) is 4.54. The van der Waals surface area contributed by atoms with Crippen molar-refractivity contribution in [3.05, 3.63) is 47.0 Å². The van der Waals surface area contributed by atoms with Gasteiger partial charge in [-0.2, -0.15) is 0 Å². The molecule has 1 fully saturated rings. The van der Waals surface area contributed by atoms with Crippen LogP contribution in [0.5, 0.6) is 0 Å². The molecule has 28 heavy (non-hydrogen) atoms. The maximum Gasteiger partial charge on any atom is 0.192 e. The van der Waals surface area contributed by atoms with Crippen LogP contribution in [0.3, 0.4) is 0 Å². The summed E-state index contributed by atoms with van der Waals surface area (Å²) in [5, 5.41) is 15.8. The van der Waals surface area contributed by atoms with Gasteiger partial charge in [0.05, 0.1) is 0 Å². The lowest BCUT2D eigenvalue weighted by molar-refractivity contribution is 0.405. The SMILES string of the molecule is Cc1nnc(CN=C(NC2CCCCC2)NC2CCc3ccccc3C2)n1C. The van der Waals surface area contributed by atoms with Crippen LogP contribution in [0.2, 0.25) is 0 Å². The van der Waals surface area contributed by atoms with E-state index in [4.69, 9.17) is 4.99 Å². The predicted octanol–water partition coefficient (Wildman–Crippen LogP) is 3.05. The highest BCUT2D eigenvalue weighted by Gasteiger charge is 2.21. The van der Waals surface area contributed by atoms with Crippen LogP contribution in [0.15, 0.2) is 29.3 Å². The Bertz CT molecular complexity index is 818. The first-order chi connectivity index (χ1) is 13.7. The average Bonchev–Trinajstić information content (AvgIpc) is 3.05. The summed E-state index contributed by atoms with van der Waals surface area (Å²) >= 11 is 0. The zero-order valence-electron chi connectivity index (χ0n) is 17.1. The number of nitrogens with one attached hydrogen (secondary N) is 2. The van der Waals surface area contributed by atoms with Crippen molar-refractivity contribution >= 4 is 5.96 Å². The molecule has 150 valence electrons. The lowest BCUT2D eigenvalue weighted by Gasteiger charge is -2.30. The topological polar surface area (TPSA) is 67.1 Å². The summed E-state index contributed by atoms with van der Waals surface area (Å²) in [4.78, 5) is 4.88. The zero-order chi connectivity index (χ0) is 19.3. The molecule has 6 nitrogen and oxygen atoms in total. The summed E-state index contributed by atoms with van der Waals surface area (Å²) in [5.74, 6) is 2.75. The fourth-order valence-corrected chi connectivity index (χ4v) is 4.33. The van der Waals surface area contributed by atoms with E-state index in [1.54, 1.807) is 0 Å². The number of aryl methyl sites for hydroxylation is 2. The van der Waals surface area contributed by atoms with Gasteiger partial charge in [0.1, 0.15) is 12.4 Å². The van der Waals surface area contributed by atoms with Crippen LogP contribution in [-0.4, -0.2) is 32.8 Å². The molecule has 1 unspecified atom stereocenters. The first-order valence-electron chi connectivity index (χ1n) is 10.7. The van der Waals surface area contributed by atoms with Crippen molar-refractivity contribution < 1.29 is 0 Å². The molecule has 0 spiro atoms. The Balaban J connectivity index is 1.46. The number of hydrogen-bond acceptors (Lipinski definition) is 3. The number of guanidine groups is 1. The summed E-state index contributed by atoms with van der Waals surface area (Å²) < 4.78 is 2.01. The number of benzene rings is 1. The Labute approximate surface area is 167 Å². The summed E-state index contributed by atoms with van der Waals surface area (Å²) in [6.07, 6.45) is 9.78. The van der Waals surface area contributed by atoms with Crippen LogP contribution in [0.25, 0.3) is 0 Å². The largest absolute Gasteiger partial charge is 0.354 e. The molecule has 2 aromatic rings. The van der Waals surface area contributed by atoms with E-state index in [9.17, 15) is 0 Å². The van der Waals surface area contributed by atoms with E-state index < -0.39 is 0 Å². The second kappa shape index (κ2) is 8.76. The van der Waals surface area contributed by atoms with Crippen molar-refractivity contribution in [3.8, 4) is 0 Å². The number of aliphatic imine (C=N–C) groups is 1. The molecule has 0 saturated heterocycles. The fraction of sp³-hybridized carbons (Fsp3) is 0.591. The van der Waals surface area contributed by atoms with Gasteiger partial charge in [0.2, 0.25) is 0 Å². The second-order valence-electron chi connectivity index (χ2n) is 8.22. The highest BCUT2D eigenvalue weighted by Crippen LogP contribution is 2.21. The van der Waals surface area contributed by atoms with Gasteiger partial charge in [-0.1, -0.05) is 43.5 Å². The molecule has 0 radical (unpaired) electrons. The minimum Gasteiger partial charge on any atom is -0.354 e. The molecule has 1 aromatic carbocycles. The van der Waals surface area contributed by atoms with Crippen LogP contribution < -0.4 is 10.6 Å². The number of nitrogens with zero attached hydrogens (tertiary/aromatic N) is 4. The van der Waals surface area contributed by atoms with Crippen molar-refractivity contribution in [1.82, 2.24) is 25.4 Å². The van der Waals surface area contributed by atoms with Crippen LogP contribution >= 0.6 is 0 Å². The molecule has 1 heterocycles. The highest BCUT2D eigenvalue weighted by molar-refractivity contribution is 5.80. The van der Waals surface area contributed by atoms with Gasteiger partial charge in [-0.15, -0.1) is 10.2 Å². The molecule has 2 aliphatic carbocycles. The van der Waals surface area contributed by atoms with E-state index in [2.05, 4.69) is 45.1 Å². The Morgan fingerprint density at radius 1 is 1.04 bits per heavy atom. The lowest BCUT2D eigenvalue weighted by atomic mass is 9.88. The van der Waals surface area contributed by atoms with Crippen molar-refractivity contribution in [3.63, 3.8) is 0 Å². The molecule has 1 atom stereocenters. The first kappa shape index (κ1) is 19.0. The van der Waals surface area contributed by atoms with Gasteiger partial charge in [0, 0.05) is 19.1 Å². The van der Waals surface area contributed by atoms with Crippen LogP contribution in [0.4, 0.5) is 0 Å². The van der Waals surface area contributed by atoms with Gasteiger partial charge in [-0.25, -0.2) is 4.99 Å². The van der Waals surface area contributed by atoms with Crippen LogP contribution in [0, 0.1) is 6.92 Å². The van der Waals surface area contributed by atoms with Crippen molar-refractivity contribution in [1.29, 1.82) is 0 Å². The number of rotatable bonds is 4. The number of fused-ring (bicyclic) bond motifs is 1. The van der Waals surface area contributed by atoms with Gasteiger partial charge < -0.3 is 15.2 Å². The molecule has 6 heteroatoms. The summed E-state index contributed by atoms with van der Waals surface area (Å²) in [7, 11) is 2.00. The monoisotopic (exact) mass is 380 g/mol. The third-order valence-electron chi connectivity index (χ3n) is 6.20. The maximum absolute atomic E-state index is 4.88. The number of hydrogen-bond donors (Lipinski definition) is 2. The highest BCUT2D eigenvalue weighted by atomic mass is 15.3. The predicted molar refractivity (Wildman–Crippen MR) is 112 cm³/mol. The lowest BCUT2D eigenvalue weighted by Crippen LogP contribution is -2.49. The standard InChI is InChI=1S/C22H32N6/c1-16-26-27-21(28(16)2)15-23-22(24-19-10-4-3-5-11-19)25-20-13-12-17-8-6-7-9-18(17)14-20/h6-9,19-20H,3-5,10-15H2,1-2H3,(H2,23,24,25). The molecule has 4 rings (SSSR count). The van der Waals surface area contributed by atoms with E-state index in [1.165, 1.54) is 43.2 Å². The molecular weight excluding hydrogens is 348 g/mol. The second-order valence-corrected chi connectivity index (χ2v) is 8.22. The zero-order valence-corrected chi connectivity index (χ0v) is 17.1. The quantitative estimate of drug-likeness (QED) is 0.632.